The quantitative estimate of drug-likeness (QED) is 0.540. The van der Waals surface area contributed by atoms with E-state index in [1.54, 1.807) is 6.20 Å². The van der Waals surface area contributed by atoms with E-state index in [2.05, 4.69) is 57.5 Å². The summed E-state index contributed by atoms with van der Waals surface area (Å²) in [5.41, 5.74) is 12.9. The summed E-state index contributed by atoms with van der Waals surface area (Å²) in [7, 11) is -1.13. The van der Waals surface area contributed by atoms with Crippen molar-refractivity contribution in [2.24, 2.45) is 0 Å². The number of hydrogen-bond donors (Lipinski definition) is 2. The largest absolute Gasteiger partial charge is 0.491 e. The Morgan fingerprint density at radius 2 is 1.97 bits per heavy atom. The van der Waals surface area contributed by atoms with Crippen molar-refractivity contribution in [1.82, 2.24) is 15.0 Å². The molecule has 0 fully saturated rings. The van der Waals surface area contributed by atoms with Crippen molar-refractivity contribution < 1.29 is 8.95 Å². The Kier molecular flexibility index (Phi) is 7.02. The molecule has 9 heteroatoms. The first-order chi connectivity index (χ1) is 16.3. The van der Waals surface area contributed by atoms with Gasteiger partial charge in [0.2, 0.25) is 5.95 Å². The van der Waals surface area contributed by atoms with Crippen LogP contribution in [0.15, 0.2) is 30.6 Å². The molecule has 180 valence electrons. The van der Waals surface area contributed by atoms with Crippen molar-refractivity contribution >= 4 is 28.4 Å². The van der Waals surface area contributed by atoms with E-state index in [1.807, 2.05) is 26.1 Å². The van der Waals surface area contributed by atoms with Crippen LogP contribution in [0.4, 0.5) is 17.5 Å². The maximum absolute atomic E-state index is 11.9. The van der Waals surface area contributed by atoms with Crippen LogP contribution in [0.5, 0.6) is 5.75 Å². The van der Waals surface area contributed by atoms with E-state index in [-0.39, 0.29) is 11.9 Å². The molecule has 8 nitrogen and oxygen atoms in total. The number of nitrogens with zero attached hydrogens (tertiary/aromatic N) is 4. The molecule has 0 amide bonds. The second kappa shape index (κ2) is 9.97. The summed E-state index contributed by atoms with van der Waals surface area (Å²) in [6, 6.07) is 6.23. The molecule has 0 radical (unpaired) electrons. The van der Waals surface area contributed by atoms with Crippen LogP contribution in [0.2, 0.25) is 0 Å². The van der Waals surface area contributed by atoms with Crippen molar-refractivity contribution in [3.05, 3.63) is 53.0 Å². The minimum atomic E-state index is -1.13. The van der Waals surface area contributed by atoms with Gasteiger partial charge < -0.3 is 20.1 Å². The fourth-order valence-electron chi connectivity index (χ4n) is 4.42. The van der Waals surface area contributed by atoms with Crippen LogP contribution in [0.1, 0.15) is 49.1 Å². The molecule has 1 aliphatic heterocycles. The van der Waals surface area contributed by atoms with Crippen LogP contribution >= 0.6 is 0 Å². The number of aromatic nitrogens is 3. The standard InChI is InChI=1S/C25H32N6O2S/c1-6-34(32)30-21-11-19(12-27-13-21)18-9-16(4)23-20(10-18)14-31(7-8-33-23)24-22(15(2)3)17(5)28-25(26)29-24/h9-13,15,30H,6-8,14H2,1-5H3,(H2,26,28,29). The number of pyridine rings is 1. The van der Waals surface area contributed by atoms with Crippen molar-refractivity contribution in [2.45, 2.75) is 47.1 Å². The number of fused-ring (bicyclic) bond motifs is 1. The Labute approximate surface area is 203 Å². The van der Waals surface area contributed by atoms with Crippen LogP contribution in [-0.4, -0.2) is 38.1 Å². The molecule has 4 rings (SSSR count). The molecular weight excluding hydrogens is 448 g/mol. The highest BCUT2D eigenvalue weighted by molar-refractivity contribution is 7.86. The van der Waals surface area contributed by atoms with E-state index >= 15 is 0 Å². The van der Waals surface area contributed by atoms with Gasteiger partial charge in [0, 0.05) is 40.9 Å². The zero-order valence-corrected chi connectivity index (χ0v) is 21.2. The fourth-order valence-corrected chi connectivity index (χ4v) is 4.94. The van der Waals surface area contributed by atoms with Gasteiger partial charge in [-0.15, -0.1) is 0 Å². The molecule has 3 N–H and O–H groups in total. The van der Waals surface area contributed by atoms with Gasteiger partial charge in [0.05, 0.1) is 18.4 Å². The van der Waals surface area contributed by atoms with Crippen LogP contribution in [0.3, 0.4) is 0 Å². The first kappa shape index (κ1) is 23.9. The first-order valence-corrected chi connectivity index (χ1v) is 12.8. The number of anilines is 3. The Hall–Kier alpha value is -3.20. The molecule has 0 aliphatic carbocycles. The molecule has 2 aromatic heterocycles. The zero-order chi connectivity index (χ0) is 24.4. The molecule has 1 aliphatic rings. The van der Waals surface area contributed by atoms with Crippen molar-refractivity contribution in [3.8, 4) is 16.9 Å². The van der Waals surface area contributed by atoms with Gasteiger partial charge in [-0.05, 0) is 49.1 Å². The lowest BCUT2D eigenvalue weighted by atomic mass is 9.99. The maximum atomic E-state index is 11.9. The molecule has 0 spiro atoms. The average molecular weight is 481 g/mol. The summed E-state index contributed by atoms with van der Waals surface area (Å²) in [5.74, 6) is 2.86. The third-order valence-corrected chi connectivity index (χ3v) is 6.88. The smallest absolute Gasteiger partial charge is 0.222 e. The molecule has 0 bridgehead atoms. The number of rotatable bonds is 6. The highest BCUT2D eigenvalue weighted by atomic mass is 32.2. The lowest BCUT2D eigenvalue weighted by Crippen LogP contribution is -2.28. The van der Waals surface area contributed by atoms with Gasteiger partial charge in [0.1, 0.15) is 29.2 Å². The van der Waals surface area contributed by atoms with Gasteiger partial charge in [-0.1, -0.05) is 20.8 Å². The lowest BCUT2D eigenvalue weighted by Gasteiger charge is -2.26. The van der Waals surface area contributed by atoms with Crippen molar-refractivity contribution in [2.75, 3.05) is 34.3 Å². The van der Waals surface area contributed by atoms with E-state index in [0.717, 1.165) is 50.8 Å². The van der Waals surface area contributed by atoms with Gasteiger partial charge >= 0.3 is 0 Å². The van der Waals surface area contributed by atoms with Crippen molar-refractivity contribution in [1.29, 1.82) is 0 Å². The summed E-state index contributed by atoms with van der Waals surface area (Å²) < 4.78 is 21.1. The summed E-state index contributed by atoms with van der Waals surface area (Å²) in [6.45, 7) is 12.1. The number of aryl methyl sites for hydroxylation is 2. The normalized spacial score (nSPS) is 14.4. The molecule has 1 atom stereocenters. The van der Waals surface area contributed by atoms with Crippen molar-refractivity contribution in [3.63, 3.8) is 0 Å². The van der Waals surface area contributed by atoms with E-state index in [0.29, 0.717) is 25.4 Å². The van der Waals surface area contributed by atoms with Gasteiger partial charge in [-0.25, -0.2) is 9.19 Å². The predicted molar refractivity (Wildman–Crippen MR) is 139 cm³/mol. The number of nitrogens with one attached hydrogen (secondary N) is 1. The lowest BCUT2D eigenvalue weighted by molar-refractivity contribution is 0.329. The zero-order valence-electron chi connectivity index (χ0n) is 20.4. The number of benzene rings is 1. The summed E-state index contributed by atoms with van der Waals surface area (Å²) >= 11 is 0. The fraction of sp³-hybridized carbons (Fsp3) is 0.400. The molecule has 3 aromatic rings. The van der Waals surface area contributed by atoms with E-state index in [4.69, 9.17) is 10.5 Å². The van der Waals surface area contributed by atoms with Gasteiger partial charge in [0.15, 0.2) is 0 Å². The third-order valence-electron chi connectivity index (χ3n) is 5.90. The monoisotopic (exact) mass is 480 g/mol. The molecule has 1 aromatic carbocycles. The third kappa shape index (κ3) is 4.99. The SMILES string of the molecule is CCS(=O)Nc1cncc(-c2cc(C)c3c(c2)CN(c2nc(N)nc(C)c2C(C)C)CCO3)c1. The van der Waals surface area contributed by atoms with Crippen LogP contribution < -0.4 is 20.1 Å². The minimum absolute atomic E-state index is 0.266. The average Bonchev–Trinajstić information content (AvgIpc) is 3.01. The highest BCUT2D eigenvalue weighted by Gasteiger charge is 2.24. The van der Waals surface area contributed by atoms with Gasteiger partial charge in [0.25, 0.3) is 0 Å². The Balaban J connectivity index is 1.73. The van der Waals surface area contributed by atoms with Crippen LogP contribution in [0.25, 0.3) is 11.1 Å². The Morgan fingerprint density at radius 3 is 2.71 bits per heavy atom. The van der Waals surface area contributed by atoms with E-state index in [1.165, 1.54) is 0 Å². The minimum Gasteiger partial charge on any atom is -0.491 e. The number of ether oxygens (including phenoxy) is 1. The topological polar surface area (TPSA) is 106 Å². The molecule has 34 heavy (non-hydrogen) atoms. The first-order valence-electron chi connectivity index (χ1n) is 11.5. The maximum Gasteiger partial charge on any atom is 0.222 e. The van der Waals surface area contributed by atoms with E-state index in [9.17, 15) is 4.21 Å². The van der Waals surface area contributed by atoms with E-state index < -0.39 is 11.0 Å². The Bertz CT molecular complexity index is 1230. The predicted octanol–water partition coefficient (Wildman–Crippen LogP) is 4.36. The number of nitrogen functional groups attached to an aromatic ring is 1. The second-order valence-corrected chi connectivity index (χ2v) is 10.3. The van der Waals surface area contributed by atoms with Gasteiger partial charge in [-0.3, -0.25) is 4.98 Å². The Morgan fingerprint density at radius 1 is 1.18 bits per heavy atom. The molecule has 1 unspecified atom stereocenters. The van der Waals surface area contributed by atoms with Gasteiger partial charge in [-0.2, -0.15) is 4.98 Å². The molecule has 0 saturated carbocycles. The van der Waals surface area contributed by atoms with Crippen LogP contribution in [0, 0.1) is 13.8 Å². The molecule has 0 saturated heterocycles. The number of nitrogens with two attached hydrogens (primary N) is 1. The number of hydrogen-bond acceptors (Lipinski definition) is 7. The summed E-state index contributed by atoms with van der Waals surface area (Å²) in [6.07, 6.45) is 3.51. The highest BCUT2D eigenvalue weighted by Crippen LogP contribution is 2.36. The summed E-state index contributed by atoms with van der Waals surface area (Å²) in [5, 5.41) is 0. The summed E-state index contributed by atoms with van der Waals surface area (Å²) in [4.78, 5) is 15.6. The van der Waals surface area contributed by atoms with Crippen LogP contribution in [-0.2, 0) is 17.5 Å². The second-order valence-electron chi connectivity index (χ2n) is 8.81. The molecular formula is C25H32N6O2S. The molecule has 3 heterocycles.